The lowest BCUT2D eigenvalue weighted by Gasteiger charge is -2.06. The van der Waals surface area contributed by atoms with E-state index in [9.17, 15) is 8.42 Å². The molecule has 2 heterocycles. The highest BCUT2D eigenvalue weighted by molar-refractivity contribution is 7.93. The predicted molar refractivity (Wildman–Crippen MR) is 80.4 cm³/mol. The van der Waals surface area contributed by atoms with Crippen LogP contribution >= 0.6 is 11.3 Å². The highest BCUT2D eigenvalue weighted by Gasteiger charge is 2.21. The zero-order chi connectivity index (χ0) is 15.0. The van der Waals surface area contributed by atoms with Crippen molar-refractivity contribution in [1.29, 1.82) is 0 Å². The molecule has 0 aliphatic carbocycles. The highest BCUT2D eigenvalue weighted by Crippen LogP contribution is 2.29. The van der Waals surface area contributed by atoms with E-state index in [0.717, 1.165) is 17.0 Å². The molecule has 1 aromatic heterocycles. The van der Waals surface area contributed by atoms with Crippen LogP contribution in [0.15, 0.2) is 23.1 Å². The minimum absolute atomic E-state index is 0.171. The molecule has 0 radical (unpaired) electrons. The number of hydrogen-bond acceptors (Lipinski definition) is 6. The van der Waals surface area contributed by atoms with E-state index in [1.165, 1.54) is 11.3 Å². The van der Waals surface area contributed by atoms with E-state index in [-0.39, 0.29) is 15.9 Å². The zero-order valence-corrected chi connectivity index (χ0v) is 13.3. The number of aromatic nitrogens is 2. The van der Waals surface area contributed by atoms with E-state index in [0.29, 0.717) is 12.4 Å². The first-order valence-corrected chi connectivity index (χ1v) is 8.87. The van der Waals surface area contributed by atoms with E-state index in [1.54, 1.807) is 18.2 Å². The molecule has 0 saturated carbocycles. The van der Waals surface area contributed by atoms with Crippen LogP contribution < -0.4 is 9.46 Å². The Morgan fingerprint density at radius 2 is 2.14 bits per heavy atom. The van der Waals surface area contributed by atoms with Crippen LogP contribution in [0.2, 0.25) is 0 Å². The van der Waals surface area contributed by atoms with Gasteiger partial charge in [0.15, 0.2) is 0 Å². The molecule has 0 bridgehead atoms. The van der Waals surface area contributed by atoms with Gasteiger partial charge in [-0.05, 0) is 11.6 Å². The monoisotopic (exact) mass is 325 g/mol. The lowest BCUT2D eigenvalue weighted by atomic mass is 10.2. The summed E-state index contributed by atoms with van der Waals surface area (Å²) in [6.07, 6.45) is 0.817. The minimum atomic E-state index is -3.67. The van der Waals surface area contributed by atoms with Crippen LogP contribution in [0.5, 0.6) is 5.75 Å². The summed E-state index contributed by atoms with van der Waals surface area (Å²) in [5.74, 6) is 0.854. The molecule has 0 amide bonds. The lowest BCUT2D eigenvalue weighted by Crippen LogP contribution is -2.12. The molecule has 0 unspecified atom stereocenters. The summed E-state index contributed by atoms with van der Waals surface area (Å²) in [7, 11) is -3.67. The summed E-state index contributed by atoms with van der Waals surface area (Å²) in [5.41, 5.74) is 1.03. The fraction of sp³-hybridized carbons (Fsp3) is 0.385. The summed E-state index contributed by atoms with van der Waals surface area (Å²) >= 11 is 1.24. The van der Waals surface area contributed by atoms with Gasteiger partial charge >= 0.3 is 0 Å². The molecule has 0 atom stereocenters. The molecule has 6 nitrogen and oxygen atoms in total. The Hall–Kier alpha value is -1.67. The van der Waals surface area contributed by atoms with Gasteiger partial charge in [0.05, 0.1) is 11.5 Å². The molecule has 2 aromatic rings. The molecule has 3 rings (SSSR count). The molecule has 0 fully saturated rings. The second-order valence-corrected chi connectivity index (χ2v) is 7.77. The number of fused-ring (bicyclic) bond motifs is 1. The normalized spacial score (nSPS) is 14.0. The van der Waals surface area contributed by atoms with Crippen molar-refractivity contribution < 1.29 is 13.2 Å². The molecule has 8 heteroatoms. The van der Waals surface area contributed by atoms with Crippen molar-refractivity contribution in [2.45, 2.75) is 31.1 Å². The summed E-state index contributed by atoms with van der Waals surface area (Å²) in [4.78, 5) is 0.171. The molecule has 1 aromatic carbocycles. The van der Waals surface area contributed by atoms with Gasteiger partial charge in [0.25, 0.3) is 10.0 Å². The average Bonchev–Trinajstić information content (AvgIpc) is 3.05. The van der Waals surface area contributed by atoms with Gasteiger partial charge in [0, 0.05) is 18.4 Å². The molecule has 0 saturated heterocycles. The average molecular weight is 325 g/mol. The fourth-order valence-corrected chi connectivity index (χ4v) is 3.99. The molecule has 1 aliphatic rings. The minimum Gasteiger partial charge on any atom is -0.493 e. The van der Waals surface area contributed by atoms with E-state index in [4.69, 9.17) is 4.74 Å². The van der Waals surface area contributed by atoms with Crippen LogP contribution in [-0.4, -0.2) is 25.2 Å². The Morgan fingerprint density at radius 1 is 1.33 bits per heavy atom. The summed E-state index contributed by atoms with van der Waals surface area (Å²) in [5, 5.41) is 8.91. The van der Waals surface area contributed by atoms with Gasteiger partial charge in [-0.25, -0.2) is 8.42 Å². The molecular formula is C13H15N3O3S2. The van der Waals surface area contributed by atoms with E-state index in [2.05, 4.69) is 14.9 Å². The van der Waals surface area contributed by atoms with Crippen LogP contribution in [0.25, 0.3) is 0 Å². The third-order valence-corrected chi connectivity index (χ3v) is 5.74. The van der Waals surface area contributed by atoms with Crippen molar-refractivity contribution in [3.63, 3.8) is 0 Å². The number of hydrogen-bond donors (Lipinski definition) is 1. The Labute approximate surface area is 127 Å². The predicted octanol–water partition coefficient (Wildman–Crippen LogP) is 2.40. The fourth-order valence-electron chi connectivity index (χ4n) is 2.00. The number of sulfonamides is 1. The van der Waals surface area contributed by atoms with Crippen LogP contribution in [0, 0.1) is 0 Å². The lowest BCUT2D eigenvalue weighted by molar-refractivity contribution is 0.356. The van der Waals surface area contributed by atoms with E-state index in [1.807, 2.05) is 13.8 Å². The van der Waals surface area contributed by atoms with Crippen LogP contribution in [-0.2, 0) is 16.4 Å². The SMILES string of the molecule is CC(C)c1nnc(NS(=O)(=O)c2ccc3c(c2)OCC3)s1. The smallest absolute Gasteiger partial charge is 0.263 e. The van der Waals surface area contributed by atoms with E-state index < -0.39 is 10.0 Å². The number of nitrogens with zero attached hydrogens (tertiary/aromatic N) is 2. The largest absolute Gasteiger partial charge is 0.493 e. The number of anilines is 1. The maximum absolute atomic E-state index is 12.4. The van der Waals surface area contributed by atoms with Crippen LogP contribution in [0.4, 0.5) is 5.13 Å². The maximum atomic E-state index is 12.4. The Morgan fingerprint density at radius 3 is 2.86 bits per heavy atom. The van der Waals surface area contributed by atoms with Gasteiger partial charge in [-0.1, -0.05) is 31.3 Å². The number of rotatable bonds is 4. The van der Waals surface area contributed by atoms with Crippen molar-refractivity contribution >= 4 is 26.5 Å². The van der Waals surface area contributed by atoms with Crippen molar-refractivity contribution in [3.05, 3.63) is 28.8 Å². The number of benzene rings is 1. The molecule has 21 heavy (non-hydrogen) atoms. The van der Waals surface area contributed by atoms with Gasteiger partial charge in [0.2, 0.25) is 5.13 Å². The Kier molecular flexibility index (Phi) is 3.58. The number of ether oxygens (including phenoxy) is 1. The molecule has 112 valence electrons. The summed E-state index contributed by atoms with van der Waals surface area (Å²) in [6.45, 7) is 4.56. The van der Waals surface area contributed by atoms with Crippen molar-refractivity contribution in [3.8, 4) is 5.75 Å². The topological polar surface area (TPSA) is 81.2 Å². The highest BCUT2D eigenvalue weighted by atomic mass is 32.2. The van der Waals surface area contributed by atoms with E-state index >= 15 is 0 Å². The molecule has 0 spiro atoms. The third kappa shape index (κ3) is 2.86. The van der Waals surface area contributed by atoms with Gasteiger partial charge in [-0.2, -0.15) is 0 Å². The van der Waals surface area contributed by atoms with Crippen LogP contribution in [0.1, 0.15) is 30.3 Å². The van der Waals surface area contributed by atoms with Crippen molar-refractivity contribution in [2.75, 3.05) is 11.3 Å². The van der Waals surface area contributed by atoms with Gasteiger partial charge < -0.3 is 4.74 Å². The summed E-state index contributed by atoms with van der Waals surface area (Å²) in [6, 6.07) is 4.92. The van der Waals surface area contributed by atoms with Gasteiger partial charge in [0.1, 0.15) is 10.8 Å². The Bertz CT molecular complexity index is 769. The number of nitrogens with one attached hydrogen (secondary N) is 1. The van der Waals surface area contributed by atoms with Gasteiger partial charge in [-0.15, -0.1) is 10.2 Å². The standard InChI is InChI=1S/C13H15N3O3S2/c1-8(2)12-14-15-13(20-12)16-21(17,18)10-4-3-9-5-6-19-11(9)7-10/h3-4,7-8H,5-6H2,1-2H3,(H,15,16). The van der Waals surface area contributed by atoms with Crippen molar-refractivity contribution in [2.24, 2.45) is 0 Å². The first-order chi connectivity index (χ1) is 9.95. The summed E-state index contributed by atoms with van der Waals surface area (Å²) < 4.78 is 32.6. The first-order valence-electron chi connectivity index (χ1n) is 6.57. The molecular weight excluding hydrogens is 310 g/mol. The second-order valence-electron chi connectivity index (χ2n) is 5.07. The molecule has 1 aliphatic heterocycles. The molecule has 1 N–H and O–H groups in total. The quantitative estimate of drug-likeness (QED) is 0.933. The maximum Gasteiger partial charge on any atom is 0.263 e. The second kappa shape index (κ2) is 5.27. The van der Waals surface area contributed by atoms with Gasteiger partial charge in [-0.3, -0.25) is 4.72 Å². The Balaban J connectivity index is 1.86. The van der Waals surface area contributed by atoms with Crippen LogP contribution in [0.3, 0.4) is 0 Å². The zero-order valence-electron chi connectivity index (χ0n) is 11.7. The first kappa shape index (κ1) is 14.3. The third-order valence-electron chi connectivity index (χ3n) is 3.13. The van der Waals surface area contributed by atoms with Crippen molar-refractivity contribution in [1.82, 2.24) is 10.2 Å².